The van der Waals surface area contributed by atoms with E-state index in [4.69, 9.17) is 0 Å². The largest absolute Gasteiger partial charge is 0.508 e. The van der Waals surface area contributed by atoms with Gasteiger partial charge in [-0.05, 0) is 0 Å². The van der Waals surface area contributed by atoms with E-state index < -0.39 is 14.4 Å². The Kier molecular flexibility index (Phi) is 2.51. The monoisotopic (exact) mass is 127 g/mol. The van der Waals surface area contributed by atoms with Gasteiger partial charge in [0.25, 0.3) is 0 Å². The summed E-state index contributed by atoms with van der Waals surface area (Å²) in [5, 5.41) is 2.34. The first kappa shape index (κ1) is 6.26. The fraction of sp³-hybridized carbons (Fsp3) is 1.00. The molecule has 1 aliphatic rings. The molecule has 0 aromatic heterocycles. The highest BCUT2D eigenvalue weighted by Gasteiger charge is 2.23. The van der Waals surface area contributed by atoms with Crippen molar-refractivity contribution in [1.82, 2.24) is 0 Å². The second kappa shape index (κ2) is 3.22. The molecule has 0 saturated carbocycles. The topological polar surface area (TPSA) is 29.4 Å². The first-order valence-electron chi connectivity index (χ1n) is 3.26. The highest BCUT2D eigenvalue weighted by Crippen LogP contribution is 2.18. The standard InChI is InChI=1S/C5H10.Al.NO/c1-3-5-4-2;;1-2/h1-5H2;;/q;+1;-1. The van der Waals surface area contributed by atoms with Crippen LogP contribution in [0.2, 0.25) is 10.6 Å². The summed E-state index contributed by atoms with van der Waals surface area (Å²) in [6.07, 6.45) is 3.87. The summed E-state index contributed by atoms with van der Waals surface area (Å²) >= 11 is -1.04. The van der Waals surface area contributed by atoms with Crippen molar-refractivity contribution in [2.24, 2.45) is 4.16 Å². The Morgan fingerprint density at radius 3 is 2.12 bits per heavy atom. The number of hydrogen-bond donors (Lipinski definition) is 0. The van der Waals surface area contributed by atoms with Crippen molar-refractivity contribution >= 4 is 14.4 Å². The third-order valence-corrected chi connectivity index (χ3v) is 4.17. The van der Waals surface area contributed by atoms with Crippen LogP contribution in [0.3, 0.4) is 0 Å². The van der Waals surface area contributed by atoms with E-state index >= 15 is 0 Å². The van der Waals surface area contributed by atoms with Crippen LogP contribution in [0.25, 0.3) is 0 Å². The lowest BCUT2D eigenvalue weighted by Gasteiger charge is -2.07. The maximum atomic E-state index is 9.97. The van der Waals surface area contributed by atoms with E-state index in [9.17, 15) is 4.91 Å². The van der Waals surface area contributed by atoms with Crippen molar-refractivity contribution in [3.8, 4) is 0 Å². The average molecular weight is 127 g/mol. The quantitative estimate of drug-likeness (QED) is 0.391. The molecule has 1 fully saturated rings. The van der Waals surface area contributed by atoms with E-state index in [2.05, 4.69) is 4.16 Å². The van der Waals surface area contributed by atoms with Gasteiger partial charge >= 0.3 is 14.4 Å². The van der Waals surface area contributed by atoms with Gasteiger partial charge in [0.1, 0.15) is 0 Å². The van der Waals surface area contributed by atoms with Crippen molar-refractivity contribution in [2.75, 3.05) is 0 Å². The van der Waals surface area contributed by atoms with Crippen LogP contribution < -0.4 is 0 Å². The predicted octanol–water partition coefficient (Wildman–Crippen LogP) is 1.93. The van der Waals surface area contributed by atoms with Crippen LogP contribution in [0.1, 0.15) is 19.3 Å². The smallest absolute Gasteiger partial charge is 0.212 e. The van der Waals surface area contributed by atoms with Crippen molar-refractivity contribution in [3.05, 3.63) is 4.91 Å². The van der Waals surface area contributed by atoms with Crippen molar-refractivity contribution in [2.45, 2.75) is 29.8 Å². The minimum atomic E-state index is -1.04. The molecule has 1 aliphatic heterocycles. The van der Waals surface area contributed by atoms with Crippen LogP contribution in [0.5, 0.6) is 0 Å². The lowest BCUT2D eigenvalue weighted by atomic mass is 10.3. The van der Waals surface area contributed by atoms with Crippen molar-refractivity contribution in [1.29, 1.82) is 0 Å². The van der Waals surface area contributed by atoms with Crippen LogP contribution in [-0.2, 0) is 0 Å². The van der Waals surface area contributed by atoms with E-state index in [1.165, 1.54) is 29.8 Å². The molecule has 1 rings (SSSR count). The Bertz CT molecular complexity index is 80.5. The molecule has 0 spiro atoms. The Morgan fingerprint density at radius 2 is 1.75 bits per heavy atom. The van der Waals surface area contributed by atoms with Gasteiger partial charge in [0.15, 0.2) is 0 Å². The van der Waals surface area contributed by atoms with Crippen LogP contribution >= 0.6 is 0 Å². The highest BCUT2D eigenvalue weighted by atomic mass is 27.2. The Morgan fingerprint density at radius 1 is 1.12 bits per heavy atom. The van der Waals surface area contributed by atoms with Crippen molar-refractivity contribution < 1.29 is 0 Å². The van der Waals surface area contributed by atoms with Gasteiger partial charge in [-0.3, -0.25) is 0 Å². The van der Waals surface area contributed by atoms with E-state index in [1.54, 1.807) is 0 Å². The number of nitroso groups, excluding NO2 is 1. The molecule has 0 atom stereocenters. The molecule has 0 radical (unpaired) electrons. The first-order chi connectivity index (χ1) is 3.93. The SMILES string of the molecule is O=[N][Al]1[CH2]CCC[CH2]1. The minimum Gasteiger partial charge on any atom is -0.212 e. The van der Waals surface area contributed by atoms with Gasteiger partial charge in [0, 0.05) is 0 Å². The van der Waals surface area contributed by atoms with Gasteiger partial charge in [0.2, 0.25) is 0 Å². The maximum absolute atomic E-state index is 9.97. The van der Waals surface area contributed by atoms with Gasteiger partial charge in [0.05, 0.1) is 0 Å². The molecule has 0 amide bonds. The molecule has 2 nitrogen and oxygen atoms in total. The highest BCUT2D eigenvalue weighted by molar-refractivity contribution is 6.56. The van der Waals surface area contributed by atoms with Gasteiger partial charge in [-0.2, -0.15) is 4.91 Å². The summed E-state index contributed by atoms with van der Waals surface area (Å²) in [5.74, 6) is 0. The zero-order valence-corrected chi connectivity index (χ0v) is 6.12. The van der Waals surface area contributed by atoms with E-state index in [0.29, 0.717) is 0 Å². The van der Waals surface area contributed by atoms with Crippen LogP contribution in [-0.4, -0.2) is 14.4 Å². The predicted molar refractivity (Wildman–Crippen MR) is 35.0 cm³/mol. The summed E-state index contributed by atoms with van der Waals surface area (Å²) in [7, 11) is 0. The summed E-state index contributed by atoms with van der Waals surface area (Å²) in [6, 6.07) is 0. The molecule has 1 saturated heterocycles. The van der Waals surface area contributed by atoms with Crippen LogP contribution in [0, 0.1) is 4.91 Å². The molecule has 0 aromatic rings. The number of rotatable bonds is 1. The molecule has 8 heavy (non-hydrogen) atoms. The molecule has 0 bridgehead atoms. The lowest BCUT2D eigenvalue weighted by Crippen LogP contribution is -2.11. The summed E-state index contributed by atoms with van der Waals surface area (Å²) in [5.41, 5.74) is 0. The second-order valence-electron chi connectivity index (χ2n) is 2.40. The molecule has 0 aromatic carbocycles. The van der Waals surface area contributed by atoms with Gasteiger partial charge in [-0.15, -0.1) is 0 Å². The Balaban J connectivity index is 2.22. The fourth-order valence-electron chi connectivity index (χ4n) is 1.19. The Hall–Kier alpha value is 0.132. The van der Waals surface area contributed by atoms with Crippen molar-refractivity contribution in [3.63, 3.8) is 0 Å². The zero-order chi connectivity index (χ0) is 5.82. The number of nitrogens with zero attached hydrogens (tertiary/aromatic N) is 1. The lowest BCUT2D eigenvalue weighted by molar-refractivity contribution is 0.722. The van der Waals surface area contributed by atoms with Crippen LogP contribution in [0.15, 0.2) is 4.16 Å². The molecule has 44 valence electrons. The van der Waals surface area contributed by atoms with Gasteiger partial charge in [-0.1, -0.05) is 29.8 Å². The molecule has 0 N–H and O–H groups in total. The third-order valence-electron chi connectivity index (χ3n) is 1.72. The van der Waals surface area contributed by atoms with Crippen LogP contribution in [0.4, 0.5) is 0 Å². The van der Waals surface area contributed by atoms with E-state index in [0.717, 1.165) is 0 Å². The maximum Gasteiger partial charge on any atom is 0.508 e. The first-order valence-corrected chi connectivity index (χ1v) is 5.41. The summed E-state index contributed by atoms with van der Waals surface area (Å²) in [6.45, 7) is 0. The third kappa shape index (κ3) is 1.57. The zero-order valence-electron chi connectivity index (χ0n) is 4.97. The summed E-state index contributed by atoms with van der Waals surface area (Å²) in [4.78, 5) is 9.97. The Labute approximate surface area is 53.9 Å². The molecular weight excluding hydrogens is 117 g/mol. The summed E-state index contributed by atoms with van der Waals surface area (Å²) < 4.78 is 3.14. The molecule has 0 unspecified atom stereocenters. The van der Waals surface area contributed by atoms with Gasteiger partial charge < -0.3 is 0 Å². The minimum absolute atomic E-state index is 1.04. The normalized spacial score (nSPS) is 20.8. The molecular formula is C5H10AlNO. The molecule has 1 heterocycles. The second-order valence-corrected chi connectivity index (χ2v) is 5.07. The van der Waals surface area contributed by atoms with E-state index in [1.807, 2.05) is 0 Å². The molecule has 0 aliphatic carbocycles. The van der Waals surface area contributed by atoms with E-state index in [-0.39, 0.29) is 0 Å². The number of hydrogen-bond acceptors (Lipinski definition) is 2. The average Bonchev–Trinajstić information content (AvgIpc) is 1.90. The van der Waals surface area contributed by atoms with Gasteiger partial charge in [-0.25, -0.2) is 4.16 Å². The fourth-order valence-corrected chi connectivity index (χ4v) is 3.21. The molecule has 3 heteroatoms.